The molecular weight excluding hydrogens is 233 g/mol. The maximum Gasteiger partial charge on any atom is 0.317 e. The number of halogens is 3. The summed E-state index contributed by atoms with van der Waals surface area (Å²) in [5, 5.41) is 0. The first-order valence-electron chi connectivity index (χ1n) is 4.84. The molecule has 0 aliphatic heterocycles. The van der Waals surface area contributed by atoms with Crippen molar-refractivity contribution in [3.63, 3.8) is 0 Å². The second-order valence-corrected chi connectivity index (χ2v) is 3.01. The smallest absolute Gasteiger partial charge is 0.317 e. The molecule has 0 aromatic heterocycles. The molecule has 1 aromatic rings. The van der Waals surface area contributed by atoms with Crippen LogP contribution in [0, 0.1) is 29.3 Å². The van der Waals surface area contributed by atoms with Crippen LogP contribution < -0.4 is 0 Å². The second kappa shape index (κ2) is 5.94. The van der Waals surface area contributed by atoms with Crippen LogP contribution in [-0.4, -0.2) is 12.6 Å². The van der Waals surface area contributed by atoms with E-state index in [1.54, 1.807) is 6.92 Å². The highest BCUT2D eigenvalue weighted by Crippen LogP contribution is 2.13. The van der Waals surface area contributed by atoms with E-state index in [-0.39, 0.29) is 18.6 Å². The lowest BCUT2D eigenvalue weighted by atomic mass is 10.2. The molecule has 0 aliphatic rings. The Labute approximate surface area is 96.4 Å². The molecule has 17 heavy (non-hydrogen) atoms. The normalized spacial score (nSPS) is 9.41. The van der Waals surface area contributed by atoms with Gasteiger partial charge in [-0.25, -0.2) is 13.2 Å². The van der Waals surface area contributed by atoms with Crippen molar-refractivity contribution < 1.29 is 22.7 Å². The van der Waals surface area contributed by atoms with Crippen molar-refractivity contribution in [2.75, 3.05) is 6.61 Å². The molecule has 0 unspecified atom stereocenters. The molecule has 0 aliphatic carbocycles. The summed E-state index contributed by atoms with van der Waals surface area (Å²) in [6, 6.07) is 1.78. The summed E-state index contributed by atoms with van der Waals surface area (Å²) >= 11 is 0. The monoisotopic (exact) mass is 242 g/mol. The topological polar surface area (TPSA) is 26.3 Å². The van der Waals surface area contributed by atoms with Gasteiger partial charge in [0.05, 0.1) is 12.2 Å². The Morgan fingerprint density at radius 1 is 1.29 bits per heavy atom. The molecule has 0 spiro atoms. The molecule has 0 saturated carbocycles. The van der Waals surface area contributed by atoms with Crippen molar-refractivity contribution in [2.24, 2.45) is 0 Å². The van der Waals surface area contributed by atoms with Gasteiger partial charge < -0.3 is 4.74 Å². The van der Waals surface area contributed by atoms with Crippen molar-refractivity contribution in [2.45, 2.75) is 13.3 Å². The van der Waals surface area contributed by atoms with Gasteiger partial charge in [-0.15, -0.1) is 0 Å². The second-order valence-electron chi connectivity index (χ2n) is 3.01. The Hall–Kier alpha value is -1.96. The fraction of sp³-hybridized carbons (Fsp3) is 0.250. The number of ether oxygens (including phenoxy) is 1. The van der Waals surface area contributed by atoms with Crippen LogP contribution in [0.15, 0.2) is 12.1 Å². The van der Waals surface area contributed by atoms with Gasteiger partial charge in [-0.3, -0.25) is 4.79 Å². The minimum atomic E-state index is -1.58. The maximum absolute atomic E-state index is 13.1. The Morgan fingerprint density at radius 3 is 2.65 bits per heavy atom. The molecular formula is C12H9F3O2. The number of carbonyl (C=O) groups is 1. The standard InChI is InChI=1S/C12H9F3O2/c1-2-17-10(16)5-3-4-8-6-7-9(13)12(15)11(8)14/h6-7H,2,5H2,1H3. The third kappa shape index (κ3) is 3.52. The lowest BCUT2D eigenvalue weighted by molar-refractivity contribution is -0.141. The quantitative estimate of drug-likeness (QED) is 0.452. The van der Waals surface area contributed by atoms with E-state index in [0.717, 1.165) is 12.1 Å². The first-order chi connectivity index (χ1) is 8.06. The number of hydrogen-bond acceptors (Lipinski definition) is 2. The van der Waals surface area contributed by atoms with Crippen LogP contribution in [0.2, 0.25) is 0 Å². The molecule has 0 atom stereocenters. The fourth-order valence-electron chi connectivity index (χ4n) is 1.05. The van der Waals surface area contributed by atoms with E-state index in [1.165, 1.54) is 0 Å². The van der Waals surface area contributed by atoms with Crippen molar-refractivity contribution in [1.82, 2.24) is 0 Å². The predicted octanol–water partition coefficient (Wildman–Crippen LogP) is 2.41. The van der Waals surface area contributed by atoms with Gasteiger partial charge in [0.2, 0.25) is 0 Å². The van der Waals surface area contributed by atoms with Crippen LogP contribution in [0.4, 0.5) is 13.2 Å². The molecule has 2 nitrogen and oxygen atoms in total. The maximum atomic E-state index is 13.1. The van der Waals surface area contributed by atoms with E-state index in [9.17, 15) is 18.0 Å². The number of carbonyl (C=O) groups excluding carboxylic acids is 1. The molecule has 1 rings (SSSR count). The summed E-state index contributed by atoms with van der Waals surface area (Å²) < 4.78 is 43.0. The molecule has 0 heterocycles. The number of esters is 1. The molecule has 0 radical (unpaired) electrons. The fourth-order valence-corrected chi connectivity index (χ4v) is 1.05. The highest BCUT2D eigenvalue weighted by Gasteiger charge is 2.11. The molecule has 90 valence electrons. The van der Waals surface area contributed by atoms with Gasteiger partial charge >= 0.3 is 5.97 Å². The SMILES string of the molecule is CCOC(=O)CC#Cc1ccc(F)c(F)c1F. The Balaban J connectivity index is 2.79. The third-order valence-corrected chi connectivity index (χ3v) is 1.80. The van der Waals surface area contributed by atoms with Gasteiger partial charge in [0, 0.05) is 0 Å². The predicted molar refractivity (Wildman–Crippen MR) is 54.4 cm³/mol. The van der Waals surface area contributed by atoms with Crippen LogP contribution in [-0.2, 0) is 9.53 Å². The van der Waals surface area contributed by atoms with Crippen molar-refractivity contribution in [1.29, 1.82) is 0 Å². The third-order valence-electron chi connectivity index (χ3n) is 1.80. The zero-order valence-electron chi connectivity index (χ0n) is 9.02. The van der Waals surface area contributed by atoms with E-state index < -0.39 is 23.4 Å². The average molecular weight is 242 g/mol. The van der Waals surface area contributed by atoms with E-state index in [4.69, 9.17) is 0 Å². The van der Waals surface area contributed by atoms with Crippen molar-refractivity contribution >= 4 is 5.97 Å². The summed E-state index contributed by atoms with van der Waals surface area (Å²) in [6.07, 6.45) is -0.230. The van der Waals surface area contributed by atoms with E-state index in [0.29, 0.717) is 0 Å². The van der Waals surface area contributed by atoms with E-state index in [2.05, 4.69) is 16.6 Å². The Kier molecular flexibility index (Phi) is 4.58. The molecule has 0 amide bonds. The van der Waals surface area contributed by atoms with Gasteiger partial charge in [-0.1, -0.05) is 11.8 Å². The summed E-state index contributed by atoms with van der Waals surface area (Å²) in [4.78, 5) is 10.9. The summed E-state index contributed by atoms with van der Waals surface area (Å²) in [5.74, 6) is -0.210. The molecule has 0 fully saturated rings. The molecule has 5 heteroatoms. The van der Waals surface area contributed by atoms with Gasteiger partial charge in [-0.05, 0) is 19.1 Å². The molecule has 0 saturated heterocycles. The first-order valence-corrected chi connectivity index (χ1v) is 4.84. The molecule has 0 N–H and O–H groups in total. The zero-order valence-corrected chi connectivity index (χ0v) is 9.02. The highest BCUT2D eigenvalue weighted by atomic mass is 19.2. The lowest BCUT2D eigenvalue weighted by Gasteiger charge is -1.97. The van der Waals surface area contributed by atoms with Gasteiger partial charge in [0.15, 0.2) is 17.5 Å². The van der Waals surface area contributed by atoms with Gasteiger partial charge in [0.25, 0.3) is 0 Å². The van der Waals surface area contributed by atoms with Gasteiger partial charge in [0.1, 0.15) is 6.42 Å². The van der Waals surface area contributed by atoms with Crippen LogP contribution in [0.25, 0.3) is 0 Å². The van der Waals surface area contributed by atoms with Crippen LogP contribution in [0.1, 0.15) is 18.9 Å². The Morgan fingerprint density at radius 2 is 2.00 bits per heavy atom. The number of hydrogen-bond donors (Lipinski definition) is 0. The minimum Gasteiger partial charge on any atom is -0.465 e. The lowest BCUT2D eigenvalue weighted by Crippen LogP contribution is -2.01. The molecule has 1 aromatic carbocycles. The van der Waals surface area contributed by atoms with Crippen LogP contribution in [0.5, 0.6) is 0 Å². The van der Waals surface area contributed by atoms with E-state index >= 15 is 0 Å². The summed E-state index contributed by atoms with van der Waals surface area (Å²) in [6.45, 7) is 1.86. The first kappa shape index (κ1) is 13.1. The largest absolute Gasteiger partial charge is 0.465 e. The zero-order chi connectivity index (χ0) is 12.8. The number of benzene rings is 1. The van der Waals surface area contributed by atoms with Crippen molar-refractivity contribution in [3.05, 3.63) is 35.1 Å². The van der Waals surface area contributed by atoms with Gasteiger partial charge in [-0.2, -0.15) is 0 Å². The average Bonchev–Trinajstić information content (AvgIpc) is 2.29. The van der Waals surface area contributed by atoms with Crippen LogP contribution in [0.3, 0.4) is 0 Å². The minimum absolute atomic E-state index is 0.222. The Bertz CT molecular complexity index is 487. The summed E-state index contributed by atoms with van der Waals surface area (Å²) in [7, 11) is 0. The van der Waals surface area contributed by atoms with Crippen LogP contribution >= 0.6 is 0 Å². The van der Waals surface area contributed by atoms with Crippen molar-refractivity contribution in [3.8, 4) is 11.8 Å². The molecule has 0 bridgehead atoms. The number of rotatable bonds is 2. The highest BCUT2D eigenvalue weighted by molar-refractivity contribution is 5.72. The van der Waals surface area contributed by atoms with E-state index in [1.807, 2.05) is 0 Å². The summed E-state index contributed by atoms with van der Waals surface area (Å²) in [5.41, 5.74) is -0.298.